The van der Waals surface area contributed by atoms with E-state index >= 15 is 0 Å². The molecule has 0 bridgehead atoms. The van der Waals surface area contributed by atoms with Gasteiger partial charge in [-0.2, -0.15) is 5.10 Å². The fourth-order valence-electron chi connectivity index (χ4n) is 3.42. The van der Waals surface area contributed by atoms with Crippen molar-refractivity contribution in [1.82, 2.24) is 20.4 Å². The van der Waals surface area contributed by atoms with Gasteiger partial charge in [0, 0.05) is 25.2 Å². The number of nitrogens with one attached hydrogen (secondary N) is 2. The van der Waals surface area contributed by atoms with Gasteiger partial charge in [0.1, 0.15) is 0 Å². The van der Waals surface area contributed by atoms with E-state index in [0.29, 0.717) is 12.2 Å². The van der Waals surface area contributed by atoms with E-state index < -0.39 is 0 Å². The van der Waals surface area contributed by atoms with Crippen LogP contribution in [0.1, 0.15) is 25.8 Å². The van der Waals surface area contributed by atoms with Gasteiger partial charge < -0.3 is 10.1 Å². The number of hydrogen-bond acceptors (Lipinski definition) is 4. The summed E-state index contributed by atoms with van der Waals surface area (Å²) in [4.78, 5) is 2.51. The minimum atomic E-state index is 0.348. The lowest BCUT2D eigenvalue weighted by molar-refractivity contribution is -0.0680. The predicted molar refractivity (Wildman–Crippen MR) is 96.8 cm³/mol. The van der Waals surface area contributed by atoms with Crippen molar-refractivity contribution in [2.75, 3.05) is 26.2 Å². The third kappa shape index (κ3) is 4.66. The quantitative estimate of drug-likeness (QED) is 0.767. The molecule has 1 aliphatic heterocycles. The summed E-state index contributed by atoms with van der Waals surface area (Å²) in [5, 5.41) is 10.9. The highest BCUT2D eigenvalue weighted by Gasteiger charge is 2.21. The van der Waals surface area contributed by atoms with Gasteiger partial charge in [-0.1, -0.05) is 30.3 Å². The molecule has 24 heavy (non-hydrogen) atoms. The van der Waals surface area contributed by atoms with Crippen LogP contribution in [0.5, 0.6) is 0 Å². The maximum Gasteiger partial charge on any atom is 0.0695 e. The molecule has 5 nitrogen and oxygen atoms in total. The molecule has 0 radical (unpaired) electrons. The molecule has 0 amide bonds. The summed E-state index contributed by atoms with van der Waals surface area (Å²) in [6.07, 6.45) is 3.76. The zero-order valence-electron chi connectivity index (χ0n) is 14.7. The molecule has 0 aliphatic carbocycles. The number of hydrogen-bond donors (Lipinski definition) is 2. The summed E-state index contributed by atoms with van der Waals surface area (Å²) in [6, 6.07) is 10.4. The molecule has 2 heterocycles. The number of nitrogens with zero attached hydrogens (tertiary/aromatic N) is 2. The van der Waals surface area contributed by atoms with Crippen LogP contribution in [0.25, 0.3) is 11.3 Å². The lowest BCUT2D eigenvalue weighted by atomic mass is 10.1. The van der Waals surface area contributed by atoms with Crippen LogP contribution in [0.4, 0.5) is 0 Å². The highest BCUT2D eigenvalue weighted by molar-refractivity contribution is 5.62. The third-order valence-corrected chi connectivity index (χ3v) is 4.42. The van der Waals surface area contributed by atoms with E-state index in [1.165, 1.54) is 11.1 Å². The number of ether oxygens (including phenoxy) is 1. The summed E-state index contributed by atoms with van der Waals surface area (Å²) in [5.41, 5.74) is 3.51. The van der Waals surface area contributed by atoms with Gasteiger partial charge in [0.2, 0.25) is 0 Å². The summed E-state index contributed by atoms with van der Waals surface area (Å²) < 4.78 is 5.78. The first-order valence-corrected chi connectivity index (χ1v) is 8.88. The monoisotopic (exact) mass is 328 g/mol. The Kier molecular flexibility index (Phi) is 6.01. The maximum absolute atomic E-state index is 5.78. The highest BCUT2D eigenvalue weighted by Crippen LogP contribution is 2.20. The van der Waals surface area contributed by atoms with E-state index in [9.17, 15) is 0 Å². The molecular weight excluding hydrogens is 300 g/mol. The fraction of sp³-hybridized carbons (Fsp3) is 0.526. The van der Waals surface area contributed by atoms with Crippen molar-refractivity contribution in [3.8, 4) is 11.3 Å². The smallest absolute Gasteiger partial charge is 0.0695 e. The molecule has 1 aliphatic rings. The second-order valence-corrected chi connectivity index (χ2v) is 6.68. The molecule has 3 rings (SSSR count). The van der Waals surface area contributed by atoms with Gasteiger partial charge in [-0.3, -0.25) is 10.00 Å². The summed E-state index contributed by atoms with van der Waals surface area (Å²) in [6.45, 7) is 9.39. The molecule has 1 saturated heterocycles. The molecule has 2 unspecified atom stereocenters. The summed E-state index contributed by atoms with van der Waals surface area (Å²) in [5.74, 6) is 0. The summed E-state index contributed by atoms with van der Waals surface area (Å²) >= 11 is 0. The van der Waals surface area contributed by atoms with Crippen LogP contribution in [0, 0.1) is 0 Å². The first-order valence-electron chi connectivity index (χ1n) is 8.88. The summed E-state index contributed by atoms with van der Waals surface area (Å²) in [7, 11) is 0. The first kappa shape index (κ1) is 17.1. The van der Waals surface area contributed by atoms with Gasteiger partial charge >= 0.3 is 0 Å². The lowest BCUT2D eigenvalue weighted by Gasteiger charge is -2.35. The Bertz CT molecular complexity index is 603. The van der Waals surface area contributed by atoms with Crippen molar-refractivity contribution in [3.63, 3.8) is 0 Å². The Morgan fingerprint density at radius 2 is 1.96 bits per heavy atom. The zero-order valence-corrected chi connectivity index (χ0v) is 14.7. The first-order chi connectivity index (χ1) is 11.7. The van der Waals surface area contributed by atoms with Crippen molar-refractivity contribution in [2.24, 2.45) is 0 Å². The van der Waals surface area contributed by atoms with Crippen LogP contribution in [-0.2, 0) is 11.3 Å². The topological polar surface area (TPSA) is 53.2 Å². The number of morpholine rings is 1. The van der Waals surface area contributed by atoms with E-state index in [4.69, 9.17) is 4.74 Å². The average Bonchev–Trinajstić information content (AvgIpc) is 3.03. The van der Waals surface area contributed by atoms with Crippen LogP contribution in [0.3, 0.4) is 0 Å². The van der Waals surface area contributed by atoms with Gasteiger partial charge in [-0.25, -0.2) is 0 Å². The van der Waals surface area contributed by atoms with Gasteiger partial charge in [-0.15, -0.1) is 0 Å². The Hall–Kier alpha value is -1.69. The molecule has 1 aromatic carbocycles. The minimum absolute atomic E-state index is 0.348. The average molecular weight is 328 g/mol. The molecule has 2 N–H and O–H groups in total. The number of aromatic amines is 1. The molecule has 1 aromatic heterocycles. The molecule has 130 valence electrons. The number of H-pyrrole nitrogens is 1. The molecule has 5 heteroatoms. The van der Waals surface area contributed by atoms with Crippen molar-refractivity contribution in [2.45, 2.75) is 39.0 Å². The largest absolute Gasteiger partial charge is 0.373 e. The SMILES string of the molecule is CC1CN(CCCNCc2cn[nH]c2-c2ccccc2)CC(C)O1. The van der Waals surface area contributed by atoms with Gasteiger partial charge in [0.15, 0.2) is 0 Å². The van der Waals surface area contributed by atoms with Crippen molar-refractivity contribution >= 4 is 0 Å². The third-order valence-electron chi connectivity index (χ3n) is 4.42. The Labute approximate surface area is 144 Å². The van der Waals surface area contributed by atoms with E-state index in [0.717, 1.165) is 44.8 Å². The van der Waals surface area contributed by atoms with Crippen molar-refractivity contribution in [1.29, 1.82) is 0 Å². The lowest BCUT2D eigenvalue weighted by Crippen LogP contribution is -2.46. The molecule has 1 fully saturated rings. The number of benzene rings is 1. The van der Waals surface area contributed by atoms with Gasteiger partial charge in [0.05, 0.1) is 24.1 Å². The maximum atomic E-state index is 5.78. The molecule has 2 aromatic rings. The molecule has 2 atom stereocenters. The number of aromatic nitrogens is 2. The highest BCUT2D eigenvalue weighted by atomic mass is 16.5. The predicted octanol–water partition coefficient (Wildman–Crippen LogP) is 2.67. The van der Waals surface area contributed by atoms with E-state index in [1.807, 2.05) is 12.3 Å². The fourth-order valence-corrected chi connectivity index (χ4v) is 3.42. The van der Waals surface area contributed by atoms with E-state index in [1.54, 1.807) is 0 Å². The normalized spacial score (nSPS) is 21.9. The molecular formula is C19H28N4O. The molecule has 0 spiro atoms. The van der Waals surface area contributed by atoms with Gasteiger partial charge in [-0.05, 0) is 38.9 Å². The Morgan fingerprint density at radius 3 is 2.71 bits per heavy atom. The van der Waals surface area contributed by atoms with Crippen LogP contribution < -0.4 is 5.32 Å². The van der Waals surface area contributed by atoms with Crippen molar-refractivity contribution < 1.29 is 4.74 Å². The Morgan fingerprint density at radius 1 is 1.21 bits per heavy atom. The van der Waals surface area contributed by atoms with Crippen LogP contribution >= 0.6 is 0 Å². The van der Waals surface area contributed by atoms with Crippen LogP contribution in [0.2, 0.25) is 0 Å². The second-order valence-electron chi connectivity index (χ2n) is 6.68. The molecule has 0 saturated carbocycles. The van der Waals surface area contributed by atoms with Gasteiger partial charge in [0.25, 0.3) is 0 Å². The van der Waals surface area contributed by atoms with E-state index in [2.05, 4.69) is 58.5 Å². The zero-order chi connectivity index (χ0) is 16.8. The minimum Gasteiger partial charge on any atom is -0.373 e. The second kappa shape index (κ2) is 8.42. The van der Waals surface area contributed by atoms with Crippen molar-refractivity contribution in [3.05, 3.63) is 42.1 Å². The van der Waals surface area contributed by atoms with Crippen LogP contribution in [0.15, 0.2) is 36.5 Å². The van der Waals surface area contributed by atoms with Crippen LogP contribution in [-0.4, -0.2) is 53.5 Å². The van der Waals surface area contributed by atoms with E-state index in [-0.39, 0.29) is 0 Å². The standard InChI is InChI=1S/C19H28N4O/c1-15-13-23(14-16(2)24-15)10-6-9-20-11-18-12-21-22-19(18)17-7-4-3-5-8-17/h3-5,7-8,12,15-16,20H,6,9-11,13-14H2,1-2H3,(H,21,22). The number of rotatable bonds is 7. The Balaban J connectivity index is 1.41.